The SMILES string of the molecule is CC(C)CN1C(=O)NC(=O)C12CCN(C(=O)C(Cc1ccccc1)n1cnnn1)CC2. The van der Waals surface area contributed by atoms with Gasteiger partial charge in [0.2, 0.25) is 5.91 Å². The number of amides is 4. The second-order valence-electron chi connectivity index (χ2n) is 8.62. The van der Waals surface area contributed by atoms with Crippen LogP contribution in [0.25, 0.3) is 0 Å². The van der Waals surface area contributed by atoms with E-state index in [4.69, 9.17) is 0 Å². The van der Waals surface area contributed by atoms with Gasteiger partial charge < -0.3 is 9.80 Å². The van der Waals surface area contributed by atoms with Crippen LogP contribution in [0.1, 0.15) is 38.3 Å². The number of hydrogen-bond donors (Lipinski definition) is 1. The molecule has 0 radical (unpaired) electrons. The van der Waals surface area contributed by atoms with E-state index in [2.05, 4.69) is 20.8 Å². The van der Waals surface area contributed by atoms with Gasteiger partial charge in [0.1, 0.15) is 17.9 Å². The molecule has 4 amide bonds. The van der Waals surface area contributed by atoms with Gasteiger partial charge in [0, 0.05) is 26.1 Å². The molecular weight excluding hydrogens is 398 g/mol. The number of nitrogens with one attached hydrogen (secondary N) is 1. The van der Waals surface area contributed by atoms with Gasteiger partial charge in [-0.15, -0.1) is 5.10 Å². The molecule has 1 spiro atoms. The Kier molecular flexibility index (Phi) is 5.71. The molecule has 2 fully saturated rings. The first-order chi connectivity index (χ1) is 14.9. The highest BCUT2D eigenvalue weighted by atomic mass is 16.2. The van der Waals surface area contributed by atoms with Crippen LogP contribution in [-0.4, -0.2) is 73.0 Å². The van der Waals surface area contributed by atoms with Gasteiger partial charge >= 0.3 is 6.03 Å². The fraction of sp³-hybridized carbons (Fsp3) is 0.524. The molecule has 31 heavy (non-hydrogen) atoms. The number of nitrogens with zero attached hydrogens (tertiary/aromatic N) is 6. The molecule has 0 bridgehead atoms. The lowest BCUT2D eigenvalue weighted by molar-refractivity contribution is -0.141. The van der Waals surface area contributed by atoms with Gasteiger partial charge in [-0.25, -0.2) is 9.48 Å². The summed E-state index contributed by atoms with van der Waals surface area (Å²) in [5.74, 6) is -0.110. The number of benzene rings is 1. The summed E-state index contributed by atoms with van der Waals surface area (Å²) in [5.41, 5.74) is 0.135. The molecule has 1 atom stereocenters. The maximum atomic E-state index is 13.4. The number of hydrogen-bond acceptors (Lipinski definition) is 6. The number of imide groups is 1. The van der Waals surface area contributed by atoms with Gasteiger partial charge in [0.15, 0.2) is 0 Å². The Hall–Kier alpha value is -3.30. The summed E-state index contributed by atoms with van der Waals surface area (Å²) in [6.45, 7) is 5.32. The lowest BCUT2D eigenvalue weighted by Gasteiger charge is -2.43. The van der Waals surface area contributed by atoms with Crippen molar-refractivity contribution in [3.8, 4) is 0 Å². The number of tetrazole rings is 1. The normalized spacial score (nSPS) is 19.2. The zero-order valence-electron chi connectivity index (χ0n) is 17.8. The lowest BCUT2D eigenvalue weighted by Crippen LogP contribution is -2.58. The van der Waals surface area contributed by atoms with Crippen LogP contribution in [-0.2, 0) is 16.0 Å². The van der Waals surface area contributed by atoms with Crippen molar-refractivity contribution >= 4 is 17.8 Å². The largest absolute Gasteiger partial charge is 0.341 e. The summed E-state index contributed by atoms with van der Waals surface area (Å²) in [6.07, 6.45) is 2.74. The molecule has 2 aromatic rings. The summed E-state index contributed by atoms with van der Waals surface area (Å²) in [5, 5.41) is 13.8. The van der Waals surface area contributed by atoms with Crippen molar-refractivity contribution in [3.63, 3.8) is 0 Å². The predicted octanol–water partition coefficient (Wildman–Crippen LogP) is 1.03. The van der Waals surface area contributed by atoms with E-state index in [9.17, 15) is 14.4 Å². The van der Waals surface area contributed by atoms with Crippen molar-refractivity contribution in [2.45, 2.75) is 44.7 Å². The molecule has 10 nitrogen and oxygen atoms in total. The maximum absolute atomic E-state index is 13.4. The van der Waals surface area contributed by atoms with Crippen molar-refractivity contribution in [2.24, 2.45) is 5.92 Å². The number of piperidine rings is 1. The summed E-state index contributed by atoms with van der Waals surface area (Å²) >= 11 is 0. The van der Waals surface area contributed by atoms with E-state index in [0.29, 0.717) is 38.9 Å². The Balaban J connectivity index is 1.50. The van der Waals surface area contributed by atoms with Crippen molar-refractivity contribution in [2.75, 3.05) is 19.6 Å². The molecule has 4 rings (SSSR count). The average Bonchev–Trinajstić information content (AvgIpc) is 3.37. The number of aromatic nitrogens is 4. The second-order valence-corrected chi connectivity index (χ2v) is 8.62. The smallest absolute Gasteiger partial charge is 0.325 e. The zero-order valence-corrected chi connectivity index (χ0v) is 17.8. The zero-order chi connectivity index (χ0) is 22.0. The van der Waals surface area contributed by atoms with Gasteiger partial charge in [0.25, 0.3) is 5.91 Å². The Morgan fingerprint density at radius 3 is 2.48 bits per heavy atom. The van der Waals surface area contributed by atoms with Crippen molar-refractivity contribution in [1.82, 2.24) is 35.3 Å². The van der Waals surface area contributed by atoms with Crippen molar-refractivity contribution in [3.05, 3.63) is 42.2 Å². The maximum Gasteiger partial charge on any atom is 0.325 e. The molecule has 1 aromatic carbocycles. The van der Waals surface area contributed by atoms with Gasteiger partial charge in [-0.3, -0.25) is 14.9 Å². The van der Waals surface area contributed by atoms with E-state index >= 15 is 0 Å². The number of carbonyl (C=O) groups excluding carboxylic acids is 3. The first kappa shape index (κ1) is 21.0. The average molecular weight is 425 g/mol. The molecule has 2 aliphatic rings. The summed E-state index contributed by atoms with van der Waals surface area (Å²) in [6, 6.07) is 8.81. The van der Waals surface area contributed by atoms with Crippen LogP contribution < -0.4 is 5.32 Å². The molecule has 10 heteroatoms. The minimum atomic E-state index is -0.873. The summed E-state index contributed by atoms with van der Waals surface area (Å²) < 4.78 is 1.48. The van der Waals surface area contributed by atoms with Crippen LogP contribution in [0.3, 0.4) is 0 Å². The fourth-order valence-electron chi connectivity index (χ4n) is 4.47. The molecule has 1 aromatic heterocycles. The summed E-state index contributed by atoms with van der Waals surface area (Å²) in [7, 11) is 0. The topological polar surface area (TPSA) is 113 Å². The molecule has 1 N–H and O–H groups in total. The van der Waals surface area contributed by atoms with Gasteiger partial charge in [-0.2, -0.15) is 0 Å². The van der Waals surface area contributed by atoms with E-state index < -0.39 is 11.6 Å². The number of likely N-dealkylation sites (tertiary alicyclic amines) is 1. The van der Waals surface area contributed by atoms with E-state index in [1.807, 2.05) is 44.2 Å². The minimum Gasteiger partial charge on any atom is -0.341 e. The molecule has 0 aliphatic carbocycles. The molecule has 3 heterocycles. The van der Waals surface area contributed by atoms with Crippen molar-refractivity contribution in [1.29, 1.82) is 0 Å². The summed E-state index contributed by atoms with van der Waals surface area (Å²) in [4.78, 5) is 41.9. The Bertz CT molecular complexity index is 937. The van der Waals surface area contributed by atoms with Crippen LogP contribution in [0.15, 0.2) is 36.7 Å². The molecule has 164 valence electrons. The highest BCUT2D eigenvalue weighted by molar-refractivity contribution is 6.07. The third-order valence-electron chi connectivity index (χ3n) is 6.10. The highest BCUT2D eigenvalue weighted by Crippen LogP contribution is 2.34. The van der Waals surface area contributed by atoms with Crippen LogP contribution in [0.2, 0.25) is 0 Å². The number of carbonyl (C=O) groups is 3. The first-order valence-electron chi connectivity index (χ1n) is 10.6. The number of rotatable bonds is 6. The minimum absolute atomic E-state index is 0.0915. The third-order valence-corrected chi connectivity index (χ3v) is 6.10. The molecule has 0 saturated carbocycles. The quantitative estimate of drug-likeness (QED) is 0.692. The van der Waals surface area contributed by atoms with Crippen LogP contribution >= 0.6 is 0 Å². The van der Waals surface area contributed by atoms with Gasteiger partial charge in [-0.1, -0.05) is 44.2 Å². The van der Waals surface area contributed by atoms with Crippen LogP contribution in [0.4, 0.5) is 4.79 Å². The van der Waals surface area contributed by atoms with Gasteiger partial charge in [0.05, 0.1) is 0 Å². The van der Waals surface area contributed by atoms with Crippen molar-refractivity contribution < 1.29 is 14.4 Å². The first-order valence-corrected chi connectivity index (χ1v) is 10.6. The Morgan fingerprint density at radius 2 is 1.87 bits per heavy atom. The van der Waals surface area contributed by atoms with Crippen LogP contribution in [0, 0.1) is 5.92 Å². The lowest BCUT2D eigenvalue weighted by atomic mass is 9.85. The van der Waals surface area contributed by atoms with E-state index in [0.717, 1.165) is 5.56 Å². The monoisotopic (exact) mass is 425 g/mol. The van der Waals surface area contributed by atoms with Gasteiger partial charge in [-0.05, 0) is 34.7 Å². The van der Waals surface area contributed by atoms with E-state index in [1.54, 1.807) is 9.80 Å². The highest BCUT2D eigenvalue weighted by Gasteiger charge is 2.54. The van der Waals surface area contributed by atoms with Crippen LogP contribution in [0.5, 0.6) is 0 Å². The van der Waals surface area contributed by atoms with E-state index in [-0.39, 0.29) is 23.8 Å². The molecule has 1 unspecified atom stereocenters. The number of urea groups is 1. The fourth-order valence-corrected chi connectivity index (χ4v) is 4.47. The molecule has 2 saturated heterocycles. The predicted molar refractivity (Wildman–Crippen MR) is 111 cm³/mol. The standard InChI is InChI=1S/C21H27N7O3/c1-15(2)13-27-20(31)23-19(30)21(27)8-10-26(11-9-21)18(29)17(28-14-22-24-25-28)12-16-6-4-3-5-7-16/h3-7,14-15,17H,8-13H2,1-2H3,(H,23,30,31). The van der Waals surface area contributed by atoms with E-state index in [1.165, 1.54) is 11.0 Å². The molecular formula is C21H27N7O3. The second kappa shape index (κ2) is 8.44. The Morgan fingerprint density at radius 1 is 1.16 bits per heavy atom. The molecule has 2 aliphatic heterocycles. The Labute approximate surface area is 180 Å². The third kappa shape index (κ3) is 4.01.